The van der Waals surface area contributed by atoms with Gasteiger partial charge in [-0.25, -0.2) is 15.0 Å². The molecule has 0 unspecified atom stereocenters. The number of H-pyrrole nitrogens is 1. The van der Waals surface area contributed by atoms with Gasteiger partial charge < -0.3 is 15.1 Å². The molecule has 1 fully saturated rings. The molecule has 1 aliphatic carbocycles. The molecule has 0 amide bonds. The Bertz CT molecular complexity index is 1240. The number of likely N-dealkylation sites (N-methyl/N-ethyl adjacent to an activating group) is 1. The van der Waals surface area contributed by atoms with Crippen LogP contribution in [0, 0.1) is 0 Å². The number of hydrogen-bond donors (Lipinski definition) is 2. The smallest absolute Gasteiger partial charge is 0.225 e. The Balaban J connectivity index is 1.35. The number of fused-ring (bicyclic) bond motifs is 5. The van der Waals surface area contributed by atoms with E-state index in [0.717, 1.165) is 72.9 Å². The van der Waals surface area contributed by atoms with Crippen molar-refractivity contribution in [1.82, 2.24) is 30.0 Å². The lowest BCUT2D eigenvalue weighted by molar-refractivity contribution is 0.311. The highest BCUT2D eigenvalue weighted by Gasteiger charge is 2.21. The third-order valence-electron chi connectivity index (χ3n) is 6.58. The summed E-state index contributed by atoms with van der Waals surface area (Å²) in [5, 5.41) is 13.3. The molecule has 8 nitrogen and oxygen atoms in total. The number of benzene rings is 1. The van der Waals surface area contributed by atoms with Gasteiger partial charge in [0.25, 0.3) is 0 Å². The van der Waals surface area contributed by atoms with E-state index >= 15 is 0 Å². The van der Waals surface area contributed by atoms with Gasteiger partial charge in [-0.1, -0.05) is 0 Å². The second kappa shape index (κ2) is 7.46. The summed E-state index contributed by atoms with van der Waals surface area (Å²) >= 11 is 0. The Labute approximate surface area is 180 Å². The van der Waals surface area contributed by atoms with Gasteiger partial charge in [-0.05, 0) is 56.0 Å². The lowest BCUT2D eigenvalue weighted by Gasteiger charge is -2.32. The number of piperazine rings is 1. The van der Waals surface area contributed by atoms with Gasteiger partial charge in [0, 0.05) is 37.0 Å². The van der Waals surface area contributed by atoms with Crippen LogP contribution in [0.25, 0.3) is 21.8 Å². The molecule has 4 heterocycles. The van der Waals surface area contributed by atoms with E-state index in [1.165, 1.54) is 29.4 Å². The molecule has 1 aromatic carbocycles. The molecule has 0 atom stereocenters. The Kier molecular flexibility index (Phi) is 4.45. The summed E-state index contributed by atoms with van der Waals surface area (Å²) in [4.78, 5) is 18.8. The molecule has 0 bridgehead atoms. The van der Waals surface area contributed by atoms with E-state index in [0.29, 0.717) is 0 Å². The van der Waals surface area contributed by atoms with E-state index in [-0.39, 0.29) is 0 Å². The van der Waals surface area contributed by atoms with Crippen molar-refractivity contribution in [2.75, 3.05) is 43.4 Å². The maximum absolute atomic E-state index is 5.01. The average Bonchev–Trinajstić information content (AvgIpc) is 3.29. The van der Waals surface area contributed by atoms with Crippen molar-refractivity contribution in [3.05, 3.63) is 41.9 Å². The number of hydrogen-bond acceptors (Lipinski definition) is 7. The molecule has 1 aliphatic heterocycles. The highest BCUT2D eigenvalue weighted by Crippen LogP contribution is 2.37. The number of aryl methyl sites for hydroxylation is 1. The van der Waals surface area contributed by atoms with E-state index in [1.807, 2.05) is 18.6 Å². The van der Waals surface area contributed by atoms with Crippen LogP contribution in [0.1, 0.15) is 24.0 Å². The van der Waals surface area contributed by atoms with Gasteiger partial charge in [-0.15, -0.1) is 0 Å². The number of anilines is 3. The minimum atomic E-state index is 0.800. The van der Waals surface area contributed by atoms with Gasteiger partial charge in [-0.2, -0.15) is 5.10 Å². The molecular formula is C23H26N8. The summed E-state index contributed by atoms with van der Waals surface area (Å²) in [5.41, 5.74) is 5.67. The fourth-order valence-corrected chi connectivity index (χ4v) is 4.84. The monoisotopic (exact) mass is 414 g/mol. The number of rotatable bonds is 3. The van der Waals surface area contributed by atoms with Crippen molar-refractivity contribution >= 4 is 39.3 Å². The first-order chi connectivity index (χ1) is 15.3. The summed E-state index contributed by atoms with van der Waals surface area (Å²) in [6.07, 6.45) is 10.2. The molecule has 1 saturated heterocycles. The molecule has 2 N–H and O–H groups in total. The molecule has 158 valence electrons. The van der Waals surface area contributed by atoms with Crippen molar-refractivity contribution in [3.63, 3.8) is 0 Å². The Hall–Kier alpha value is -3.26. The molecule has 6 rings (SSSR count). The zero-order valence-corrected chi connectivity index (χ0v) is 17.7. The van der Waals surface area contributed by atoms with E-state index in [1.54, 1.807) is 0 Å². The van der Waals surface area contributed by atoms with Gasteiger partial charge in [0.05, 0.1) is 35.3 Å². The van der Waals surface area contributed by atoms with E-state index in [4.69, 9.17) is 4.98 Å². The van der Waals surface area contributed by atoms with Crippen molar-refractivity contribution in [1.29, 1.82) is 0 Å². The van der Waals surface area contributed by atoms with Crippen LogP contribution < -0.4 is 10.2 Å². The zero-order valence-electron chi connectivity index (χ0n) is 17.7. The van der Waals surface area contributed by atoms with Crippen LogP contribution in [0.15, 0.2) is 30.7 Å². The number of pyridine rings is 1. The summed E-state index contributed by atoms with van der Waals surface area (Å²) < 4.78 is 0. The summed E-state index contributed by atoms with van der Waals surface area (Å²) in [6, 6.07) is 4.15. The van der Waals surface area contributed by atoms with Crippen LogP contribution in [-0.2, 0) is 12.8 Å². The van der Waals surface area contributed by atoms with Gasteiger partial charge in [0.1, 0.15) is 5.82 Å². The van der Waals surface area contributed by atoms with Crippen LogP contribution in [-0.4, -0.2) is 63.3 Å². The van der Waals surface area contributed by atoms with E-state index in [2.05, 4.69) is 54.5 Å². The fraction of sp³-hybridized carbons (Fsp3) is 0.391. The number of nitrogens with one attached hydrogen (secondary N) is 2. The number of aromatic nitrogens is 5. The molecule has 31 heavy (non-hydrogen) atoms. The van der Waals surface area contributed by atoms with Crippen LogP contribution in [0.2, 0.25) is 0 Å². The molecule has 0 spiro atoms. The van der Waals surface area contributed by atoms with Gasteiger partial charge in [0.2, 0.25) is 5.95 Å². The minimum absolute atomic E-state index is 0.800. The Morgan fingerprint density at radius 2 is 1.71 bits per heavy atom. The molecule has 2 aliphatic rings. The van der Waals surface area contributed by atoms with Crippen molar-refractivity contribution < 1.29 is 0 Å². The lowest BCUT2D eigenvalue weighted by Crippen LogP contribution is -2.45. The van der Waals surface area contributed by atoms with Crippen LogP contribution >= 0.6 is 0 Å². The summed E-state index contributed by atoms with van der Waals surface area (Å²) in [5.74, 6) is 1.73. The van der Waals surface area contributed by atoms with E-state index in [9.17, 15) is 0 Å². The predicted octanol–water partition coefficient (Wildman–Crippen LogP) is 3.28. The van der Waals surface area contributed by atoms with Crippen molar-refractivity contribution in [2.24, 2.45) is 0 Å². The molecule has 8 heteroatoms. The quantitative estimate of drug-likeness (QED) is 0.532. The van der Waals surface area contributed by atoms with Crippen molar-refractivity contribution in [2.45, 2.75) is 25.7 Å². The standard InChI is InChI=1S/C23H26N8/c1-30-8-10-31(11-9-30)23-24-12-15(13-25-23)27-22-17-5-3-2-4-16(17)21-18-14-26-29-19(18)6-7-20(21)28-22/h6-7,12-14H,2-5,8-11H2,1H3,(H,26,29)(H,27,28). The first-order valence-corrected chi connectivity index (χ1v) is 11.1. The first-order valence-electron chi connectivity index (χ1n) is 11.1. The fourth-order valence-electron chi connectivity index (χ4n) is 4.84. The molecular weight excluding hydrogens is 388 g/mol. The second-order valence-electron chi connectivity index (χ2n) is 8.60. The first kappa shape index (κ1) is 18.5. The summed E-state index contributed by atoms with van der Waals surface area (Å²) in [6.45, 7) is 4.01. The third kappa shape index (κ3) is 3.27. The highest BCUT2D eigenvalue weighted by molar-refractivity contribution is 6.07. The largest absolute Gasteiger partial charge is 0.338 e. The van der Waals surface area contributed by atoms with E-state index < -0.39 is 0 Å². The van der Waals surface area contributed by atoms with Gasteiger partial charge in [0.15, 0.2) is 0 Å². The maximum Gasteiger partial charge on any atom is 0.225 e. The van der Waals surface area contributed by atoms with Crippen LogP contribution in [0.5, 0.6) is 0 Å². The summed E-state index contributed by atoms with van der Waals surface area (Å²) in [7, 11) is 2.15. The maximum atomic E-state index is 5.01. The highest BCUT2D eigenvalue weighted by atomic mass is 15.3. The average molecular weight is 415 g/mol. The topological polar surface area (TPSA) is 85.9 Å². The SMILES string of the molecule is CN1CCN(c2ncc(Nc3nc4ccc5[nH]ncc5c4c4c3CCCC4)cn2)CC1. The number of nitrogens with zero attached hydrogens (tertiary/aromatic N) is 6. The lowest BCUT2D eigenvalue weighted by atomic mass is 9.88. The minimum Gasteiger partial charge on any atom is -0.338 e. The predicted molar refractivity (Wildman–Crippen MR) is 123 cm³/mol. The van der Waals surface area contributed by atoms with Gasteiger partial charge in [-0.3, -0.25) is 5.10 Å². The normalized spacial score (nSPS) is 17.3. The Morgan fingerprint density at radius 3 is 2.52 bits per heavy atom. The molecule has 0 radical (unpaired) electrons. The third-order valence-corrected chi connectivity index (χ3v) is 6.58. The Morgan fingerprint density at radius 1 is 0.935 bits per heavy atom. The molecule has 4 aromatic rings. The van der Waals surface area contributed by atoms with Crippen LogP contribution in [0.4, 0.5) is 17.5 Å². The zero-order chi connectivity index (χ0) is 20.8. The molecule has 3 aromatic heterocycles. The molecule has 0 saturated carbocycles. The van der Waals surface area contributed by atoms with Crippen LogP contribution in [0.3, 0.4) is 0 Å². The number of aromatic amines is 1. The van der Waals surface area contributed by atoms with Gasteiger partial charge >= 0.3 is 0 Å². The second-order valence-corrected chi connectivity index (χ2v) is 8.60. The van der Waals surface area contributed by atoms with Crippen molar-refractivity contribution in [3.8, 4) is 0 Å².